The second-order valence-corrected chi connectivity index (χ2v) is 4.72. The molecule has 96 valence electrons. The van der Waals surface area contributed by atoms with Gasteiger partial charge in [0.2, 0.25) is 5.88 Å². The molecule has 1 aromatic rings. The van der Waals surface area contributed by atoms with Crippen LogP contribution in [0, 0.1) is 0 Å². The van der Waals surface area contributed by atoms with Gasteiger partial charge in [-0.3, -0.25) is 0 Å². The van der Waals surface area contributed by atoms with Crippen molar-refractivity contribution < 1.29 is 4.74 Å². The van der Waals surface area contributed by atoms with E-state index in [9.17, 15) is 0 Å². The number of rotatable bonds is 7. The van der Waals surface area contributed by atoms with Gasteiger partial charge in [0.05, 0.1) is 11.8 Å². The van der Waals surface area contributed by atoms with Crippen molar-refractivity contribution in [2.45, 2.75) is 59.2 Å². The molecule has 0 amide bonds. The molecule has 0 aliphatic rings. The topological polar surface area (TPSA) is 34.1 Å². The van der Waals surface area contributed by atoms with Crippen molar-refractivity contribution in [2.24, 2.45) is 0 Å². The minimum Gasteiger partial charge on any atom is -0.475 e. The van der Waals surface area contributed by atoms with Crippen molar-refractivity contribution in [1.29, 1.82) is 0 Å². The zero-order valence-corrected chi connectivity index (χ0v) is 11.4. The fourth-order valence-corrected chi connectivity index (χ4v) is 1.60. The first-order chi connectivity index (χ1) is 8.11. The van der Waals surface area contributed by atoms with Gasteiger partial charge in [0, 0.05) is 18.7 Å². The number of hydrogen-bond acceptors (Lipinski definition) is 3. The van der Waals surface area contributed by atoms with Gasteiger partial charge in [-0.1, -0.05) is 33.3 Å². The standard InChI is InChI=1S/C14H24N2O/c1-5-7-12(4)17-14-9-6-8-13(16-14)10-15-11(2)3/h6,8-9,11-12,15H,5,7,10H2,1-4H3. The SMILES string of the molecule is CCCC(C)Oc1cccc(CNC(C)C)n1. The van der Waals surface area contributed by atoms with Crippen molar-refractivity contribution in [1.82, 2.24) is 10.3 Å². The Labute approximate surface area is 105 Å². The number of nitrogens with one attached hydrogen (secondary N) is 1. The molecule has 0 saturated carbocycles. The van der Waals surface area contributed by atoms with Gasteiger partial charge in [-0.05, 0) is 19.4 Å². The van der Waals surface area contributed by atoms with Crippen LogP contribution in [0.15, 0.2) is 18.2 Å². The average molecular weight is 236 g/mol. The first-order valence-corrected chi connectivity index (χ1v) is 6.47. The molecule has 1 heterocycles. The maximum absolute atomic E-state index is 5.76. The van der Waals surface area contributed by atoms with Crippen LogP contribution in [0.25, 0.3) is 0 Å². The molecule has 0 radical (unpaired) electrons. The molecule has 0 saturated heterocycles. The van der Waals surface area contributed by atoms with Crippen molar-refractivity contribution in [2.75, 3.05) is 0 Å². The number of hydrogen-bond donors (Lipinski definition) is 1. The van der Waals surface area contributed by atoms with E-state index in [1.54, 1.807) is 0 Å². The number of nitrogens with zero attached hydrogens (tertiary/aromatic N) is 1. The molecule has 1 N–H and O–H groups in total. The lowest BCUT2D eigenvalue weighted by Crippen LogP contribution is -2.22. The predicted octanol–water partition coefficient (Wildman–Crippen LogP) is 3.15. The summed E-state index contributed by atoms with van der Waals surface area (Å²) in [5, 5.41) is 3.35. The van der Waals surface area contributed by atoms with Crippen LogP contribution >= 0.6 is 0 Å². The van der Waals surface area contributed by atoms with Crippen molar-refractivity contribution in [3.8, 4) is 5.88 Å². The van der Waals surface area contributed by atoms with Gasteiger partial charge in [0.1, 0.15) is 0 Å². The molecule has 17 heavy (non-hydrogen) atoms. The van der Waals surface area contributed by atoms with E-state index < -0.39 is 0 Å². The van der Waals surface area contributed by atoms with Crippen molar-refractivity contribution in [3.63, 3.8) is 0 Å². The minimum atomic E-state index is 0.237. The average Bonchev–Trinajstić information content (AvgIpc) is 2.27. The largest absolute Gasteiger partial charge is 0.475 e. The quantitative estimate of drug-likeness (QED) is 0.789. The maximum Gasteiger partial charge on any atom is 0.213 e. The molecule has 0 fully saturated rings. The fraction of sp³-hybridized carbons (Fsp3) is 0.643. The lowest BCUT2D eigenvalue weighted by molar-refractivity contribution is 0.201. The van der Waals surface area contributed by atoms with E-state index >= 15 is 0 Å². The summed E-state index contributed by atoms with van der Waals surface area (Å²) in [4.78, 5) is 4.48. The summed E-state index contributed by atoms with van der Waals surface area (Å²) in [6.45, 7) is 9.30. The lowest BCUT2D eigenvalue weighted by atomic mass is 10.2. The van der Waals surface area contributed by atoms with Gasteiger partial charge in [-0.25, -0.2) is 4.98 Å². The minimum absolute atomic E-state index is 0.237. The van der Waals surface area contributed by atoms with Gasteiger partial charge >= 0.3 is 0 Å². The van der Waals surface area contributed by atoms with Crippen LogP contribution in [0.2, 0.25) is 0 Å². The Bertz CT molecular complexity index is 326. The number of ether oxygens (including phenoxy) is 1. The monoisotopic (exact) mass is 236 g/mol. The second-order valence-electron chi connectivity index (χ2n) is 4.72. The van der Waals surface area contributed by atoms with Gasteiger partial charge in [0.15, 0.2) is 0 Å². The number of aromatic nitrogens is 1. The van der Waals surface area contributed by atoms with E-state index in [1.165, 1.54) is 0 Å². The zero-order chi connectivity index (χ0) is 12.7. The van der Waals surface area contributed by atoms with Gasteiger partial charge < -0.3 is 10.1 Å². The predicted molar refractivity (Wildman–Crippen MR) is 71.2 cm³/mol. The van der Waals surface area contributed by atoms with Gasteiger partial charge in [-0.2, -0.15) is 0 Å². The van der Waals surface area contributed by atoms with Crippen LogP contribution in [-0.4, -0.2) is 17.1 Å². The zero-order valence-electron chi connectivity index (χ0n) is 11.4. The highest BCUT2D eigenvalue weighted by atomic mass is 16.5. The Hall–Kier alpha value is -1.09. The van der Waals surface area contributed by atoms with E-state index in [0.717, 1.165) is 31.0 Å². The molecule has 1 unspecified atom stereocenters. The molecule has 0 bridgehead atoms. The maximum atomic E-state index is 5.76. The fourth-order valence-electron chi connectivity index (χ4n) is 1.60. The van der Waals surface area contributed by atoms with Crippen LogP contribution < -0.4 is 10.1 Å². The van der Waals surface area contributed by atoms with Crippen LogP contribution in [0.4, 0.5) is 0 Å². The summed E-state index contributed by atoms with van der Waals surface area (Å²) in [5.41, 5.74) is 1.03. The molecule has 1 rings (SSSR count). The molecule has 1 atom stereocenters. The molecule has 0 aliphatic heterocycles. The van der Waals surface area contributed by atoms with E-state index in [2.05, 4.69) is 38.0 Å². The van der Waals surface area contributed by atoms with Crippen LogP contribution in [-0.2, 0) is 6.54 Å². The molecule has 3 nitrogen and oxygen atoms in total. The summed E-state index contributed by atoms with van der Waals surface area (Å²) in [6.07, 6.45) is 2.44. The van der Waals surface area contributed by atoms with Gasteiger partial charge in [0.25, 0.3) is 0 Å². The first-order valence-electron chi connectivity index (χ1n) is 6.47. The van der Waals surface area contributed by atoms with Crippen LogP contribution in [0.3, 0.4) is 0 Å². The van der Waals surface area contributed by atoms with E-state index in [4.69, 9.17) is 4.74 Å². The summed E-state index contributed by atoms with van der Waals surface area (Å²) in [6, 6.07) is 6.41. The third kappa shape index (κ3) is 5.68. The highest BCUT2D eigenvalue weighted by Gasteiger charge is 2.04. The molecule has 0 aromatic carbocycles. The summed E-state index contributed by atoms with van der Waals surface area (Å²) >= 11 is 0. The number of pyridine rings is 1. The summed E-state index contributed by atoms with van der Waals surface area (Å²) in [7, 11) is 0. The van der Waals surface area contributed by atoms with Gasteiger partial charge in [-0.15, -0.1) is 0 Å². The van der Waals surface area contributed by atoms with Crippen LogP contribution in [0.5, 0.6) is 5.88 Å². The van der Waals surface area contributed by atoms with Crippen molar-refractivity contribution >= 4 is 0 Å². The van der Waals surface area contributed by atoms with Crippen molar-refractivity contribution in [3.05, 3.63) is 23.9 Å². The molecule has 0 aliphatic carbocycles. The Balaban J connectivity index is 2.53. The Morgan fingerprint density at radius 3 is 2.71 bits per heavy atom. The summed E-state index contributed by atoms with van der Waals surface area (Å²) in [5.74, 6) is 0.731. The van der Waals surface area contributed by atoms with E-state index in [1.807, 2.05) is 18.2 Å². The van der Waals surface area contributed by atoms with E-state index in [-0.39, 0.29) is 6.10 Å². The van der Waals surface area contributed by atoms with Crippen LogP contribution in [0.1, 0.15) is 46.2 Å². The molecule has 1 aromatic heterocycles. The smallest absolute Gasteiger partial charge is 0.213 e. The lowest BCUT2D eigenvalue weighted by Gasteiger charge is -2.14. The highest BCUT2D eigenvalue weighted by molar-refractivity contribution is 5.16. The third-order valence-electron chi connectivity index (χ3n) is 2.49. The summed E-state index contributed by atoms with van der Waals surface area (Å²) < 4.78 is 5.76. The highest BCUT2D eigenvalue weighted by Crippen LogP contribution is 2.12. The van der Waals surface area contributed by atoms with E-state index in [0.29, 0.717) is 6.04 Å². The Morgan fingerprint density at radius 1 is 1.29 bits per heavy atom. The normalized spacial score (nSPS) is 12.8. The second kappa shape index (κ2) is 7.28. The molecule has 3 heteroatoms. The first kappa shape index (κ1) is 14.0. The molecular weight excluding hydrogens is 212 g/mol. The Kier molecular flexibility index (Phi) is 5.98. The third-order valence-corrected chi connectivity index (χ3v) is 2.49. The molecular formula is C14H24N2O. The molecule has 0 spiro atoms. The Morgan fingerprint density at radius 2 is 2.06 bits per heavy atom.